The van der Waals surface area contributed by atoms with Crippen molar-refractivity contribution >= 4 is 23.2 Å². The maximum Gasteiger partial charge on any atom is 0.212 e. The predicted molar refractivity (Wildman–Crippen MR) is 76.1 cm³/mol. The fraction of sp³-hybridized carbons (Fsp3) is 0. The minimum absolute atomic E-state index is 0.580. The lowest BCUT2D eigenvalue weighted by Gasteiger charge is -2.10. The highest BCUT2D eigenvalue weighted by molar-refractivity contribution is 6.32. The molecule has 0 aliphatic heterocycles. The first-order valence-corrected chi connectivity index (χ1v) is 6.18. The van der Waals surface area contributed by atoms with E-state index in [-0.39, 0.29) is 0 Å². The van der Waals surface area contributed by atoms with E-state index in [1.54, 1.807) is 18.6 Å². The van der Waals surface area contributed by atoms with Crippen LogP contribution in [0.25, 0.3) is 5.69 Å². The zero-order valence-electron chi connectivity index (χ0n) is 9.99. The number of rotatable bonds is 3. The molecule has 19 heavy (non-hydrogen) atoms. The zero-order chi connectivity index (χ0) is 13.1. The Morgan fingerprint density at radius 1 is 1.05 bits per heavy atom. The molecule has 0 saturated heterocycles. The molecule has 0 bridgehead atoms. The van der Waals surface area contributed by atoms with Gasteiger partial charge in [-0.25, -0.2) is 4.98 Å². The van der Waals surface area contributed by atoms with E-state index >= 15 is 0 Å². The molecular weight excluding hydrogens is 260 g/mol. The number of benzene rings is 1. The van der Waals surface area contributed by atoms with Crippen molar-refractivity contribution in [1.29, 1.82) is 0 Å². The monoisotopic (exact) mass is 270 g/mol. The van der Waals surface area contributed by atoms with E-state index in [0.29, 0.717) is 11.0 Å². The van der Waals surface area contributed by atoms with Gasteiger partial charge in [-0.05, 0) is 18.2 Å². The van der Waals surface area contributed by atoms with Gasteiger partial charge in [-0.3, -0.25) is 9.55 Å². The van der Waals surface area contributed by atoms with Crippen molar-refractivity contribution < 1.29 is 0 Å². The summed E-state index contributed by atoms with van der Waals surface area (Å²) in [5.74, 6) is 0.708. The van der Waals surface area contributed by atoms with E-state index in [1.165, 1.54) is 0 Å². The normalized spacial score (nSPS) is 10.4. The summed E-state index contributed by atoms with van der Waals surface area (Å²) in [7, 11) is 0. The average Bonchev–Trinajstić information content (AvgIpc) is 2.88. The van der Waals surface area contributed by atoms with E-state index in [1.807, 2.05) is 47.2 Å². The van der Waals surface area contributed by atoms with Crippen molar-refractivity contribution in [2.24, 2.45) is 0 Å². The Labute approximate surface area is 115 Å². The summed E-state index contributed by atoms with van der Waals surface area (Å²) in [6.07, 6.45) is 6.89. The Bertz CT molecular complexity index is 679. The summed E-state index contributed by atoms with van der Waals surface area (Å²) in [6, 6.07) is 11.7. The van der Waals surface area contributed by atoms with Crippen LogP contribution in [0.4, 0.5) is 11.6 Å². The number of halogens is 1. The first-order valence-electron chi connectivity index (χ1n) is 5.80. The Kier molecular flexibility index (Phi) is 3.16. The molecule has 2 aromatic heterocycles. The van der Waals surface area contributed by atoms with E-state index in [0.717, 1.165) is 11.4 Å². The molecule has 3 rings (SSSR count). The van der Waals surface area contributed by atoms with Crippen LogP contribution in [0.1, 0.15) is 0 Å². The molecule has 0 amide bonds. The molecule has 0 radical (unpaired) electrons. The molecule has 0 aliphatic rings. The molecule has 94 valence electrons. The van der Waals surface area contributed by atoms with Gasteiger partial charge in [-0.2, -0.15) is 0 Å². The standard InChI is InChI=1S/C14H11ClN4/c15-12-10-16-7-6-13(12)19-9-8-17-14(19)18-11-4-2-1-3-5-11/h1-10H,(H,17,18). The van der Waals surface area contributed by atoms with Crippen LogP contribution >= 0.6 is 11.6 Å². The maximum atomic E-state index is 6.15. The number of hydrogen-bond acceptors (Lipinski definition) is 3. The van der Waals surface area contributed by atoms with Crippen molar-refractivity contribution in [2.45, 2.75) is 0 Å². The third-order valence-electron chi connectivity index (χ3n) is 2.68. The van der Waals surface area contributed by atoms with Crippen LogP contribution in [0.15, 0.2) is 61.2 Å². The fourth-order valence-corrected chi connectivity index (χ4v) is 2.01. The van der Waals surface area contributed by atoms with E-state index in [2.05, 4.69) is 15.3 Å². The number of aromatic nitrogens is 3. The smallest absolute Gasteiger partial charge is 0.212 e. The molecule has 5 heteroatoms. The van der Waals surface area contributed by atoms with Crippen molar-refractivity contribution in [2.75, 3.05) is 5.32 Å². The van der Waals surface area contributed by atoms with Gasteiger partial charge >= 0.3 is 0 Å². The highest BCUT2D eigenvalue weighted by Gasteiger charge is 2.08. The SMILES string of the molecule is Clc1cnccc1-n1ccnc1Nc1ccccc1. The summed E-state index contributed by atoms with van der Waals surface area (Å²) < 4.78 is 1.89. The Morgan fingerprint density at radius 3 is 2.68 bits per heavy atom. The molecule has 0 aliphatic carbocycles. The number of nitrogens with one attached hydrogen (secondary N) is 1. The minimum atomic E-state index is 0.580. The second-order valence-electron chi connectivity index (χ2n) is 3.94. The highest BCUT2D eigenvalue weighted by atomic mass is 35.5. The van der Waals surface area contributed by atoms with Crippen LogP contribution in [0.5, 0.6) is 0 Å². The third kappa shape index (κ3) is 2.44. The molecule has 0 atom stereocenters. The van der Waals surface area contributed by atoms with Crippen molar-refractivity contribution in [3.05, 3.63) is 66.2 Å². The summed E-state index contributed by atoms with van der Waals surface area (Å²) in [4.78, 5) is 8.28. The molecule has 0 unspecified atom stereocenters. The molecule has 0 saturated carbocycles. The van der Waals surface area contributed by atoms with E-state index < -0.39 is 0 Å². The number of hydrogen-bond donors (Lipinski definition) is 1. The van der Waals surface area contributed by atoms with Gasteiger partial charge in [0.1, 0.15) is 0 Å². The number of pyridine rings is 1. The summed E-state index contributed by atoms with van der Waals surface area (Å²) >= 11 is 6.15. The molecule has 0 spiro atoms. The van der Waals surface area contributed by atoms with Crippen LogP contribution in [0.3, 0.4) is 0 Å². The van der Waals surface area contributed by atoms with Crippen LogP contribution in [-0.4, -0.2) is 14.5 Å². The zero-order valence-corrected chi connectivity index (χ0v) is 10.7. The summed E-state index contributed by atoms with van der Waals surface area (Å²) in [5, 5.41) is 3.83. The lowest BCUT2D eigenvalue weighted by molar-refractivity contribution is 1.05. The number of imidazole rings is 1. The van der Waals surface area contributed by atoms with E-state index in [4.69, 9.17) is 11.6 Å². The molecule has 1 N–H and O–H groups in total. The maximum absolute atomic E-state index is 6.15. The molecule has 2 heterocycles. The Balaban J connectivity index is 1.98. The van der Waals surface area contributed by atoms with Gasteiger partial charge in [0.2, 0.25) is 5.95 Å². The largest absolute Gasteiger partial charge is 0.325 e. The summed E-state index contributed by atoms with van der Waals surface area (Å²) in [6.45, 7) is 0. The highest BCUT2D eigenvalue weighted by Crippen LogP contribution is 2.23. The second kappa shape index (κ2) is 5.12. The number of nitrogens with zero attached hydrogens (tertiary/aromatic N) is 3. The first kappa shape index (κ1) is 11.7. The minimum Gasteiger partial charge on any atom is -0.325 e. The quantitative estimate of drug-likeness (QED) is 0.790. The van der Waals surface area contributed by atoms with Crippen LogP contribution in [-0.2, 0) is 0 Å². The van der Waals surface area contributed by atoms with Gasteiger partial charge in [0.25, 0.3) is 0 Å². The van der Waals surface area contributed by atoms with Gasteiger partial charge in [-0.1, -0.05) is 29.8 Å². The van der Waals surface area contributed by atoms with Crippen molar-refractivity contribution in [3.63, 3.8) is 0 Å². The molecule has 3 aromatic rings. The number of anilines is 2. The lowest BCUT2D eigenvalue weighted by Crippen LogP contribution is -2.01. The average molecular weight is 271 g/mol. The Morgan fingerprint density at radius 2 is 1.89 bits per heavy atom. The molecule has 4 nitrogen and oxygen atoms in total. The van der Waals surface area contributed by atoms with Crippen molar-refractivity contribution in [3.8, 4) is 5.69 Å². The van der Waals surface area contributed by atoms with Crippen LogP contribution in [0.2, 0.25) is 5.02 Å². The van der Waals surface area contributed by atoms with Gasteiger partial charge in [0.15, 0.2) is 0 Å². The van der Waals surface area contributed by atoms with Gasteiger partial charge in [0, 0.05) is 30.5 Å². The molecule has 0 fully saturated rings. The predicted octanol–water partition coefficient (Wildman–Crippen LogP) is 3.66. The Hall–Kier alpha value is -2.33. The first-order chi connectivity index (χ1) is 9.34. The fourth-order valence-electron chi connectivity index (χ4n) is 1.80. The topological polar surface area (TPSA) is 42.7 Å². The van der Waals surface area contributed by atoms with Crippen LogP contribution < -0.4 is 5.32 Å². The van der Waals surface area contributed by atoms with E-state index in [9.17, 15) is 0 Å². The third-order valence-corrected chi connectivity index (χ3v) is 2.97. The summed E-state index contributed by atoms with van der Waals surface area (Å²) in [5.41, 5.74) is 1.81. The van der Waals surface area contributed by atoms with Gasteiger partial charge in [-0.15, -0.1) is 0 Å². The van der Waals surface area contributed by atoms with Gasteiger partial charge < -0.3 is 5.32 Å². The van der Waals surface area contributed by atoms with Crippen molar-refractivity contribution in [1.82, 2.24) is 14.5 Å². The molecular formula is C14H11ClN4. The number of para-hydroxylation sites is 1. The van der Waals surface area contributed by atoms with Crippen LogP contribution in [0, 0.1) is 0 Å². The lowest BCUT2D eigenvalue weighted by atomic mass is 10.3. The molecule has 1 aromatic carbocycles. The van der Waals surface area contributed by atoms with Gasteiger partial charge in [0.05, 0.1) is 10.7 Å². The second-order valence-corrected chi connectivity index (χ2v) is 4.35.